The molecule has 0 aliphatic heterocycles. The van der Waals surface area contributed by atoms with Crippen molar-refractivity contribution in [3.8, 4) is 0 Å². The number of allylic oxidation sites excluding steroid dienone is 2. The van der Waals surface area contributed by atoms with Crippen LogP contribution in [0, 0.1) is 0 Å². The van der Waals surface area contributed by atoms with E-state index in [1.54, 1.807) is 0 Å². The van der Waals surface area contributed by atoms with Gasteiger partial charge in [0.2, 0.25) is 0 Å². The molecule has 0 heterocycles. The van der Waals surface area contributed by atoms with E-state index in [0.29, 0.717) is 0 Å². The Morgan fingerprint density at radius 1 is 0.413 bits per heavy atom. The quantitative estimate of drug-likeness (QED) is 0.0538. The van der Waals surface area contributed by atoms with Gasteiger partial charge < -0.3 is 0 Å². The van der Waals surface area contributed by atoms with Crippen molar-refractivity contribution < 1.29 is 0 Å². The molecule has 1 heteroatoms. The van der Waals surface area contributed by atoms with Crippen molar-refractivity contribution in [3.05, 3.63) is 60.2 Å². The Bertz CT molecular complexity index is 748. The van der Waals surface area contributed by atoms with E-state index in [-0.39, 0.29) is 5.54 Å². The lowest BCUT2D eigenvalue weighted by Crippen LogP contribution is -2.37. The second kappa shape index (κ2) is 32.2. The average molecular weight is 636 g/mol. The molecule has 1 aromatic rings. The van der Waals surface area contributed by atoms with E-state index in [4.69, 9.17) is 0 Å². The maximum absolute atomic E-state index is 2.48. The monoisotopic (exact) mass is 636 g/mol. The van der Waals surface area contributed by atoms with Gasteiger partial charge in [-0.1, -0.05) is 235 Å². The summed E-state index contributed by atoms with van der Waals surface area (Å²) in [6.07, 6.45) is 52.1. The molecule has 46 heavy (non-hydrogen) atoms. The smallest absolute Gasteiger partial charge is 0.0827 e. The summed E-state index contributed by atoms with van der Waals surface area (Å²) < 4.78 is 0. The highest BCUT2D eigenvalue weighted by atomic mass is 15.1. The van der Waals surface area contributed by atoms with Crippen LogP contribution in [0.1, 0.15) is 212 Å². The summed E-state index contributed by atoms with van der Waals surface area (Å²) in [6, 6.07) is 11.1. The van der Waals surface area contributed by atoms with Crippen molar-refractivity contribution in [1.29, 1.82) is 0 Å². The lowest BCUT2D eigenvalue weighted by molar-refractivity contribution is 0.266. The third kappa shape index (κ3) is 23.1. The van der Waals surface area contributed by atoms with E-state index in [2.05, 4.69) is 87.5 Å². The molecule has 266 valence electrons. The molecule has 0 bridgehead atoms. The molecule has 0 N–H and O–H groups in total. The van der Waals surface area contributed by atoms with Gasteiger partial charge in [-0.05, 0) is 45.3 Å². The van der Waals surface area contributed by atoms with Crippen molar-refractivity contribution in [1.82, 2.24) is 4.90 Å². The van der Waals surface area contributed by atoms with Gasteiger partial charge in [-0.2, -0.15) is 0 Å². The zero-order valence-electron chi connectivity index (χ0n) is 31.9. The van der Waals surface area contributed by atoms with Crippen LogP contribution in [0.2, 0.25) is 0 Å². The van der Waals surface area contributed by atoms with E-state index in [0.717, 1.165) is 0 Å². The van der Waals surface area contributed by atoms with Crippen LogP contribution in [0.4, 0.5) is 0 Å². The second-order valence-electron chi connectivity index (χ2n) is 14.7. The van der Waals surface area contributed by atoms with Crippen molar-refractivity contribution in [2.75, 3.05) is 14.1 Å². The fourth-order valence-corrected chi connectivity index (χ4v) is 6.95. The van der Waals surface area contributed by atoms with Crippen molar-refractivity contribution in [2.45, 2.75) is 212 Å². The molecule has 0 radical (unpaired) electrons. The van der Waals surface area contributed by atoms with Gasteiger partial charge in [0.1, 0.15) is 0 Å². The van der Waals surface area contributed by atoms with Gasteiger partial charge >= 0.3 is 0 Å². The van der Waals surface area contributed by atoms with Gasteiger partial charge in [-0.25, -0.2) is 0 Å². The highest BCUT2D eigenvalue weighted by Crippen LogP contribution is 2.31. The van der Waals surface area contributed by atoms with Crippen LogP contribution in [0.25, 0.3) is 0 Å². The summed E-state index contributed by atoms with van der Waals surface area (Å²) in [7, 11) is 4.47. The minimum atomic E-state index is -0.159. The molecule has 0 aliphatic rings. The van der Waals surface area contributed by atoms with Crippen LogP contribution in [0.5, 0.6) is 0 Å². The Morgan fingerprint density at radius 2 is 0.696 bits per heavy atom. The summed E-state index contributed by atoms with van der Waals surface area (Å²) in [4.78, 5) is 2.39. The first-order valence-electron chi connectivity index (χ1n) is 20.8. The number of hydrogen-bond donors (Lipinski definition) is 0. The summed E-state index contributed by atoms with van der Waals surface area (Å²) in [5.41, 5.74) is 1.21. The van der Waals surface area contributed by atoms with E-state index < -0.39 is 0 Å². The lowest BCUT2D eigenvalue weighted by Gasteiger charge is -2.35. The number of likely N-dealkylation sites (N-methyl/N-ethyl adjacent to an activating group) is 1. The van der Waals surface area contributed by atoms with Gasteiger partial charge in [0.05, 0.1) is 5.54 Å². The summed E-state index contributed by atoms with van der Waals surface area (Å²) in [6.45, 7) is 4.61. The Balaban J connectivity index is 2.26. The third-order valence-corrected chi connectivity index (χ3v) is 10.2. The number of hydrogen-bond acceptors (Lipinski definition) is 1. The third-order valence-electron chi connectivity index (χ3n) is 10.2. The predicted octanol–water partition coefficient (Wildman–Crippen LogP) is 15.3. The highest BCUT2D eigenvalue weighted by molar-refractivity contribution is 5.36. The topological polar surface area (TPSA) is 3.24 Å². The lowest BCUT2D eigenvalue weighted by atomic mass is 9.86. The van der Waals surface area contributed by atoms with Gasteiger partial charge in [0, 0.05) is 0 Å². The molecule has 0 amide bonds. The average Bonchev–Trinajstić information content (AvgIpc) is 3.07. The molecule has 1 rings (SSSR count). The molecule has 0 saturated carbocycles. The van der Waals surface area contributed by atoms with Gasteiger partial charge in [-0.15, -0.1) is 0 Å². The van der Waals surface area contributed by atoms with Crippen LogP contribution < -0.4 is 0 Å². The normalized spacial score (nSPS) is 13.4. The zero-order valence-corrected chi connectivity index (χ0v) is 31.9. The van der Waals surface area contributed by atoms with Gasteiger partial charge in [-0.3, -0.25) is 4.90 Å². The first kappa shape index (κ1) is 42.7. The van der Waals surface area contributed by atoms with Crippen LogP contribution in [-0.2, 0) is 5.54 Å². The molecule has 0 atom stereocenters. The van der Waals surface area contributed by atoms with E-state index in [1.807, 2.05) is 0 Å². The molecule has 1 nitrogen and oxygen atoms in total. The van der Waals surface area contributed by atoms with Crippen LogP contribution in [0.15, 0.2) is 54.6 Å². The summed E-state index contributed by atoms with van der Waals surface area (Å²) in [5, 5.41) is 0. The number of rotatable bonds is 34. The molecule has 0 unspecified atom stereocenters. The summed E-state index contributed by atoms with van der Waals surface area (Å²) >= 11 is 0. The Kier molecular flexibility index (Phi) is 29.9. The Labute approximate surface area is 290 Å². The van der Waals surface area contributed by atoms with Crippen LogP contribution >= 0.6 is 0 Å². The van der Waals surface area contributed by atoms with Crippen molar-refractivity contribution in [3.63, 3.8) is 0 Å². The van der Waals surface area contributed by atoms with E-state index in [1.165, 1.54) is 198 Å². The first-order chi connectivity index (χ1) is 22.7. The standard InChI is InChI=1S/C45H81N/c1-5-7-9-11-13-15-17-19-21-23-25-27-29-31-33-38-42-45(46(3)4,44-40-36-35-37-41-44)43-39-34-32-30-28-26-24-22-20-18-16-14-12-10-8-6-2/h35-43H,5-34H2,1-4H3. The van der Waals surface area contributed by atoms with Gasteiger partial charge in [0.15, 0.2) is 0 Å². The molecule has 0 saturated heterocycles. The predicted molar refractivity (Wildman–Crippen MR) is 210 cm³/mol. The zero-order chi connectivity index (χ0) is 33.2. The van der Waals surface area contributed by atoms with Crippen LogP contribution in [-0.4, -0.2) is 19.0 Å². The molecule has 0 spiro atoms. The number of benzene rings is 1. The fourth-order valence-electron chi connectivity index (χ4n) is 6.95. The maximum atomic E-state index is 2.48. The van der Waals surface area contributed by atoms with Crippen LogP contribution in [0.3, 0.4) is 0 Å². The number of nitrogens with zero attached hydrogens (tertiary/aromatic N) is 1. The Hall–Kier alpha value is -1.34. The molecule has 1 aromatic carbocycles. The molecular formula is C45H81N. The largest absolute Gasteiger partial charge is 0.293 e. The second-order valence-corrected chi connectivity index (χ2v) is 14.7. The van der Waals surface area contributed by atoms with Gasteiger partial charge in [0.25, 0.3) is 0 Å². The minimum absolute atomic E-state index is 0.159. The molecule has 0 aliphatic carbocycles. The maximum Gasteiger partial charge on any atom is 0.0827 e. The Morgan fingerprint density at radius 3 is 0.978 bits per heavy atom. The van der Waals surface area contributed by atoms with E-state index in [9.17, 15) is 0 Å². The highest BCUT2D eigenvalue weighted by Gasteiger charge is 2.28. The summed E-state index contributed by atoms with van der Waals surface area (Å²) in [5.74, 6) is 0. The molecular weight excluding hydrogens is 555 g/mol. The van der Waals surface area contributed by atoms with Crippen molar-refractivity contribution >= 4 is 0 Å². The minimum Gasteiger partial charge on any atom is -0.293 e. The molecule has 0 aromatic heterocycles. The molecule has 0 fully saturated rings. The van der Waals surface area contributed by atoms with E-state index >= 15 is 0 Å². The number of unbranched alkanes of at least 4 members (excludes halogenated alkanes) is 28. The first-order valence-corrected chi connectivity index (χ1v) is 20.8. The van der Waals surface area contributed by atoms with Crippen molar-refractivity contribution in [2.24, 2.45) is 0 Å². The SMILES string of the molecule is CCCCCCCCCCCCCCCCC=CC(C=CCCCCCCCCCCCCCCCC)(c1ccccc1)N(C)C. The fraction of sp³-hybridized carbons (Fsp3) is 0.778.